The van der Waals surface area contributed by atoms with Crippen LogP contribution in [0.3, 0.4) is 0 Å². The molecule has 0 spiro atoms. The molecule has 0 saturated heterocycles. The standard InChI is InChI=1S/C15H11N3O2S/c19-14(7-6-11-4-3-9-21-11)17-15-10-13(18-20-15)12-5-1-2-8-16-12/h1-10H,(H,17,19)/b7-6+. The van der Waals surface area contributed by atoms with Gasteiger partial charge in [0, 0.05) is 23.2 Å². The Kier molecular flexibility index (Phi) is 3.88. The van der Waals surface area contributed by atoms with Gasteiger partial charge in [-0.1, -0.05) is 17.3 Å². The highest BCUT2D eigenvalue weighted by Crippen LogP contribution is 2.19. The molecule has 1 N–H and O–H groups in total. The SMILES string of the molecule is O=C(/C=C/c1cccs1)Nc1cc(-c2ccccn2)no1. The summed E-state index contributed by atoms with van der Waals surface area (Å²) in [6, 6.07) is 11.0. The van der Waals surface area contributed by atoms with Crippen LogP contribution in [0.2, 0.25) is 0 Å². The summed E-state index contributed by atoms with van der Waals surface area (Å²) in [7, 11) is 0. The number of hydrogen-bond acceptors (Lipinski definition) is 5. The number of carbonyl (C=O) groups excluding carboxylic acids is 1. The van der Waals surface area contributed by atoms with E-state index in [9.17, 15) is 4.79 Å². The molecule has 3 aromatic heterocycles. The minimum absolute atomic E-state index is 0.271. The van der Waals surface area contributed by atoms with Gasteiger partial charge in [-0.15, -0.1) is 11.3 Å². The lowest BCUT2D eigenvalue weighted by molar-refractivity contribution is -0.112. The molecule has 0 unspecified atom stereocenters. The summed E-state index contributed by atoms with van der Waals surface area (Å²) in [5.41, 5.74) is 1.27. The van der Waals surface area contributed by atoms with Gasteiger partial charge in [0.25, 0.3) is 5.91 Å². The van der Waals surface area contributed by atoms with E-state index in [1.165, 1.54) is 6.08 Å². The molecule has 3 aromatic rings. The highest BCUT2D eigenvalue weighted by molar-refractivity contribution is 7.10. The molecule has 0 aliphatic rings. The van der Waals surface area contributed by atoms with Crippen molar-refractivity contribution in [1.29, 1.82) is 0 Å². The van der Waals surface area contributed by atoms with E-state index in [2.05, 4.69) is 15.5 Å². The molecule has 1 amide bonds. The molecule has 104 valence electrons. The number of anilines is 1. The maximum absolute atomic E-state index is 11.8. The van der Waals surface area contributed by atoms with Gasteiger partial charge in [0.1, 0.15) is 5.69 Å². The maximum Gasteiger partial charge on any atom is 0.250 e. The molecule has 21 heavy (non-hydrogen) atoms. The van der Waals surface area contributed by atoms with Crippen molar-refractivity contribution in [3.8, 4) is 11.4 Å². The second kappa shape index (κ2) is 6.15. The summed E-state index contributed by atoms with van der Waals surface area (Å²) in [5.74, 6) is 0.0172. The Labute approximate surface area is 124 Å². The van der Waals surface area contributed by atoms with Crippen molar-refractivity contribution in [2.24, 2.45) is 0 Å². The number of nitrogens with zero attached hydrogens (tertiary/aromatic N) is 2. The van der Waals surface area contributed by atoms with Gasteiger partial charge in [-0.3, -0.25) is 15.1 Å². The lowest BCUT2D eigenvalue weighted by Gasteiger charge is -1.93. The number of amides is 1. The highest BCUT2D eigenvalue weighted by atomic mass is 32.1. The largest absolute Gasteiger partial charge is 0.338 e. The van der Waals surface area contributed by atoms with Crippen LogP contribution in [0.5, 0.6) is 0 Å². The lowest BCUT2D eigenvalue weighted by atomic mass is 10.3. The predicted molar refractivity (Wildman–Crippen MR) is 81.7 cm³/mol. The average molecular weight is 297 g/mol. The smallest absolute Gasteiger partial charge is 0.250 e. The van der Waals surface area contributed by atoms with Crippen LogP contribution >= 0.6 is 11.3 Å². The molecule has 0 fully saturated rings. The van der Waals surface area contributed by atoms with Gasteiger partial charge in [-0.2, -0.15) is 0 Å². The van der Waals surface area contributed by atoms with E-state index >= 15 is 0 Å². The van der Waals surface area contributed by atoms with E-state index in [1.807, 2.05) is 35.7 Å². The molecule has 6 heteroatoms. The van der Waals surface area contributed by atoms with Crippen LogP contribution in [-0.2, 0) is 4.79 Å². The third kappa shape index (κ3) is 3.43. The number of hydrogen-bond donors (Lipinski definition) is 1. The van der Waals surface area contributed by atoms with Crippen molar-refractivity contribution in [2.75, 3.05) is 5.32 Å². The summed E-state index contributed by atoms with van der Waals surface area (Å²) in [4.78, 5) is 16.9. The molecule has 0 aliphatic heterocycles. The fourth-order valence-electron chi connectivity index (χ4n) is 1.68. The minimum atomic E-state index is -0.271. The van der Waals surface area contributed by atoms with E-state index in [4.69, 9.17) is 4.52 Å². The van der Waals surface area contributed by atoms with Crippen LogP contribution < -0.4 is 5.32 Å². The van der Waals surface area contributed by atoms with Crippen molar-refractivity contribution >= 4 is 29.2 Å². The van der Waals surface area contributed by atoms with Crippen molar-refractivity contribution in [3.63, 3.8) is 0 Å². The van der Waals surface area contributed by atoms with E-state index in [0.717, 1.165) is 4.88 Å². The molecule has 0 saturated carbocycles. The Morgan fingerprint density at radius 2 is 2.19 bits per heavy atom. The van der Waals surface area contributed by atoms with E-state index < -0.39 is 0 Å². The maximum atomic E-state index is 11.8. The van der Waals surface area contributed by atoms with Gasteiger partial charge >= 0.3 is 0 Å². The van der Waals surface area contributed by atoms with Crippen molar-refractivity contribution in [1.82, 2.24) is 10.1 Å². The first-order valence-corrected chi connectivity index (χ1v) is 7.10. The predicted octanol–water partition coefficient (Wildman–Crippen LogP) is 3.45. The van der Waals surface area contributed by atoms with Gasteiger partial charge in [0.15, 0.2) is 0 Å². The van der Waals surface area contributed by atoms with E-state index in [1.54, 1.807) is 29.7 Å². The first-order chi connectivity index (χ1) is 10.3. The number of rotatable bonds is 4. The van der Waals surface area contributed by atoms with Gasteiger partial charge in [-0.25, -0.2) is 0 Å². The van der Waals surface area contributed by atoms with E-state index in [0.29, 0.717) is 11.4 Å². The quantitative estimate of drug-likeness (QED) is 0.749. The normalized spacial score (nSPS) is 10.9. The van der Waals surface area contributed by atoms with Gasteiger partial charge in [0.05, 0.1) is 5.69 Å². The summed E-state index contributed by atoms with van der Waals surface area (Å²) in [6.45, 7) is 0. The van der Waals surface area contributed by atoms with Crippen LogP contribution in [0.25, 0.3) is 17.5 Å². The van der Waals surface area contributed by atoms with Crippen LogP contribution in [0, 0.1) is 0 Å². The van der Waals surface area contributed by atoms with Gasteiger partial charge in [0.2, 0.25) is 5.88 Å². The number of pyridine rings is 1. The Morgan fingerprint density at radius 3 is 2.95 bits per heavy atom. The third-order valence-corrected chi connectivity index (χ3v) is 3.46. The second-order valence-corrected chi connectivity index (χ2v) is 5.11. The zero-order valence-electron chi connectivity index (χ0n) is 10.9. The monoisotopic (exact) mass is 297 g/mol. The van der Waals surface area contributed by atoms with Crippen LogP contribution in [0.1, 0.15) is 4.88 Å². The van der Waals surface area contributed by atoms with Gasteiger partial charge < -0.3 is 4.52 Å². The first kappa shape index (κ1) is 13.3. The molecule has 0 atom stereocenters. The van der Waals surface area contributed by atoms with Crippen LogP contribution in [-0.4, -0.2) is 16.0 Å². The highest BCUT2D eigenvalue weighted by Gasteiger charge is 2.08. The molecule has 3 rings (SSSR count). The van der Waals surface area contributed by atoms with Crippen molar-refractivity contribution in [2.45, 2.75) is 0 Å². The molecule has 0 radical (unpaired) electrons. The fraction of sp³-hybridized carbons (Fsp3) is 0. The zero-order valence-corrected chi connectivity index (χ0v) is 11.7. The molecule has 3 heterocycles. The van der Waals surface area contributed by atoms with Gasteiger partial charge in [-0.05, 0) is 29.7 Å². The lowest BCUT2D eigenvalue weighted by Crippen LogP contribution is -2.06. The topological polar surface area (TPSA) is 68.0 Å². The number of thiophene rings is 1. The molecule has 0 aliphatic carbocycles. The summed E-state index contributed by atoms with van der Waals surface area (Å²) in [6.07, 6.45) is 4.87. The number of aromatic nitrogens is 2. The molecular formula is C15H11N3O2S. The Balaban J connectivity index is 1.66. The summed E-state index contributed by atoms with van der Waals surface area (Å²) >= 11 is 1.56. The summed E-state index contributed by atoms with van der Waals surface area (Å²) < 4.78 is 5.07. The molecule has 5 nitrogen and oxygen atoms in total. The first-order valence-electron chi connectivity index (χ1n) is 6.22. The molecule has 0 aromatic carbocycles. The third-order valence-electron chi connectivity index (χ3n) is 2.63. The van der Waals surface area contributed by atoms with E-state index in [-0.39, 0.29) is 11.8 Å². The Hall–Kier alpha value is -2.73. The second-order valence-electron chi connectivity index (χ2n) is 4.13. The van der Waals surface area contributed by atoms with Crippen molar-refractivity contribution < 1.29 is 9.32 Å². The fourth-order valence-corrected chi connectivity index (χ4v) is 2.29. The van der Waals surface area contributed by atoms with Crippen molar-refractivity contribution in [3.05, 3.63) is 58.9 Å². The number of carbonyl (C=O) groups is 1. The average Bonchev–Trinajstić information content (AvgIpc) is 3.17. The molecular weight excluding hydrogens is 286 g/mol. The minimum Gasteiger partial charge on any atom is -0.338 e. The Bertz CT molecular complexity index is 748. The Morgan fingerprint density at radius 1 is 1.24 bits per heavy atom. The zero-order chi connectivity index (χ0) is 14.5. The van der Waals surface area contributed by atoms with Crippen LogP contribution in [0.15, 0.2) is 58.6 Å². The molecule has 0 bridgehead atoms. The number of nitrogens with one attached hydrogen (secondary N) is 1. The summed E-state index contributed by atoms with van der Waals surface area (Å²) in [5, 5.41) is 8.44. The van der Waals surface area contributed by atoms with Crippen LogP contribution in [0.4, 0.5) is 5.88 Å².